The van der Waals surface area contributed by atoms with Gasteiger partial charge in [0, 0.05) is 19.0 Å². The monoisotopic (exact) mass is 262 g/mol. The van der Waals surface area contributed by atoms with Gasteiger partial charge in [-0.3, -0.25) is 9.59 Å². The molecular formula is C14H18N2O3. The molecular weight excluding hydrogens is 244 g/mol. The van der Waals surface area contributed by atoms with Crippen molar-refractivity contribution in [3.8, 4) is 0 Å². The zero-order valence-corrected chi connectivity index (χ0v) is 10.9. The molecule has 1 aromatic carbocycles. The molecule has 1 saturated carbocycles. The molecule has 5 heteroatoms. The van der Waals surface area contributed by atoms with Gasteiger partial charge in [-0.05, 0) is 30.5 Å². The van der Waals surface area contributed by atoms with Crippen LogP contribution in [-0.2, 0) is 11.3 Å². The second-order valence-electron chi connectivity index (χ2n) is 5.00. The molecule has 0 atom stereocenters. The van der Waals surface area contributed by atoms with Gasteiger partial charge < -0.3 is 15.7 Å². The first-order valence-corrected chi connectivity index (χ1v) is 6.31. The Morgan fingerprint density at radius 3 is 2.37 bits per heavy atom. The third-order valence-corrected chi connectivity index (χ3v) is 3.29. The molecule has 0 aromatic heterocycles. The molecule has 0 spiro atoms. The fraction of sp³-hybridized carbons (Fsp3) is 0.429. The third-order valence-electron chi connectivity index (χ3n) is 3.29. The number of hydrogen-bond donors (Lipinski definition) is 3. The molecule has 102 valence electrons. The number of carbonyl (C=O) groups excluding carboxylic acids is 2. The summed E-state index contributed by atoms with van der Waals surface area (Å²) in [5, 5.41) is 14.7. The molecule has 0 heterocycles. The van der Waals surface area contributed by atoms with Crippen molar-refractivity contribution in [3.63, 3.8) is 0 Å². The van der Waals surface area contributed by atoms with Crippen molar-refractivity contribution in [2.75, 3.05) is 6.61 Å². The fourth-order valence-corrected chi connectivity index (χ4v) is 1.79. The lowest BCUT2D eigenvalue weighted by molar-refractivity contribution is -0.119. The maximum absolute atomic E-state index is 11.9. The summed E-state index contributed by atoms with van der Waals surface area (Å²) in [5.41, 5.74) is 1.10. The van der Waals surface area contributed by atoms with E-state index in [0.717, 1.165) is 18.4 Å². The molecule has 1 aliphatic carbocycles. The van der Waals surface area contributed by atoms with Gasteiger partial charge in [0.2, 0.25) is 5.91 Å². The van der Waals surface area contributed by atoms with Crippen molar-refractivity contribution in [3.05, 3.63) is 35.4 Å². The molecule has 0 aliphatic heterocycles. The zero-order valence-electron chi connectivity index (χ0n) is 10.9. The number of carbonyl (C=O) groups is 2. The average molecular weight is 262 g/mol. The van der Waals surface area contributed by atoms with Crippen LogP contribution in [0.1, 0.15) is 35.7 Å². The van der Waals surface area contributed by atoms with E-state index in [-0.39, 0.29) is 18.4 Å². The number of aliphatic hydroxyl groups excluding tert-OH is 1. The van der Waals surface area contributed by atoms with Crippen LogP contribution in [0.3, 0.4) is 0 Å². The van der Waals surface area contributed by atoms with Crippen LogP contribution in [0.2, 0.25) is 0 Å². The van der Waals surface area contributed by atoms with Gasteiger partial charge in [0.1, 0.15) is 0 Å². The van der Waals surface area contributed by atoms with E-state index in [1.807, 2.05) is 12.1 Å². The summed E-state index contributed by atoms with van der Waals surface area (Å²) in [4.78, 5) is 22.7. The minimum absolute atomic E-state index is 0.0145. The highest BCUT2D eigenvalue weighted by Gasteiger charge is 2.43. The molecule has 1 aromatic rings. The van der Waals surface area contributed by atoms with Gasteiger partial charge >= 0.3 is 0 Å². The standard InChI is InChI=1S/C14H18N2O3/c1-10(18)15-8-11-2-4-12(5-3-11)13(19)16-14(9-17)6-7-14/h2-5,17H,6-9H2,1H3,(H,15,18)(H,16,19). The molecule has 0 saturated heterocycles. The molecule has 1 fully saturated rings. The molecule has 2 rings (SSSR count). The molecule has 0 bridgehead atoms. The summed E-state index contributed by atoms with van der Waals surface area (Å²) < 4.78 is 0. The van der Waals surface area contributed by atoms with E-state index >= 15 is 0 Å². The Kier molecular flexibility index (Phi) is 3.85. The number of amides is 2. The number of hydrogen-bond acceptors (Lipinski definition) is 3. The summed E-state index contributed by atoms with van der Waals surface area (Å²) in [6.45, 7) is 1.91. The Morgan fingerprint density at radius 1 is 1.26 bits per heavy atom. The van der Waals surface area contributed by atoms with E-state index in [2.05, 4.69) is 10.6 Å². The van der Waals surface area contributed by atoms with E-state index in [1.165, 1.54) is 6.92 Å². The van der Waals surface area contributed by atoms with Gasteiger partial charge in [-0.1, -0.05) is 12.1 Å². The SMILES string of the molecule is CC(=O)NCc1ccc(C(=O)NC2(CO)CC2)cc1. The number of rotatable bonds is 5. The minimum atomic E-state index is -0.397. The Labute approximate surface area is 112 Å². The summed E-state index contributed by atoms with van der Waals surface area (Å²) >= 11 is 0. The number of aliphatic hydroxyl groups is 1. The van der Waals surface area contributed by atoms with E-state index in [0.29, 0.717) is 12.1 Å². The van der Waals surface area contributed by atoms with Crippen molar-refractivity contribution < 1.29 is 14.7 Å². The predicted octanol–water partition coefficient (Wildman–Crippen LogP) is 0.577. The summed E-state index contributed by atoms with van der Waals surface area (Å²) in [5.74, 6) is -0.252. The Morgan fingerprint density at radius 2 is 1.89 bits per heavy atom. The van der Waals surface area contributed by atoms with Crippen molar-refractivity contribution in [1.29, 1.82) is 0 Å². The van der Waals surface area contributed by atoms with Gasteiger partial charge in [0.25, 0.3) is 5.91 Å². The summed E-state index contributed by atoms with van der Waals surface area (Å²) in [7, 11) is 0. The van der Waals surface area contributed by atoms with Crippen molar-refractivity contribution in [1.82, 2.24) is 10.6 Å². The third kappa shape index (κ3) is 3.54. The fourth-order valence-electron chi connectivity index (χ4n) is 1.79. The van der Waals surface area contributed by atoms with E-state index < -0.39 is 5.54 Å². The highest BCUT2D eigenvalue weighted by atomic mass is 16.3. The average Bonchev–Trinajstić information content (AvgIpc) is 3.17. The smallest absolute Gasteiger partial charge is 0.251 e. The highest BCUT2D eigenvalue weighted by molar-refractivity contribution is 5.95. The lowest BCUT2D eigenvalue weighted by Gasteiger charge is -2.14. The Bertz CT molecular complexity index is 478. The van der Waals surface area contributed by atoms with Gasteiger partial charge in [-0.2, -0.15) is 0 Å². The van der Waals surface area contributed by atoms with Gasteiger partial charge in [-0.15, -0.1) is 0 Å². The maximum Gasteiger partial charge on any atom is 0.251 e. The largest absolute Gasteiger partial charge is 0.394 e. The topological polar surface area (TPSA) is 78.4 Å². The molecule has 19 heavy (non-hydrogen) atoms. The maximum atomic E-state index is 11.9. The normalized spacial score (nSPS) is 15.7. The summed E-state index contributed by atoms with van der Waals surface area (Å²) in [6.07, 6.45) is 1.66. The summed E-state index contributed by atoms with van der Waals surface area (Å²) in [6, 6.07) is 7.06. The van der Waals surface area contributed by atoms with Crippen LogP contribution >= 0.6 is 0 Å². The first-order valence-electron chi connectivity index (χ1n) is 6.31. The van der Waals surface area contributed by atoms with E-state index in [1.54, 1.807) is 12.1 Å². The second kappa shape index (κ2) is 5.40. The van der Waals surface area contributed by atoms with Gasteiger partial charge in [-0.25, -0.2) is 0 Å². The van der Waals surface area contributed by atoms with Crippen LogP contribution in [0.4, 0.5) is 0 Å². The first-order chi connectivity index (χ1) is 9.04. The van der Waals surface area contributed by atoms with Crippen molar-refractivity contribution in [2.24, 2.45) is 0 Å². The Hall–Kier alpha value is -1.88. The van der Waals surface area contributed by atoms with E-state index in [4.69, 9.17) is 5.11 Å². The number of nitrogens with one attached hydrogen (secondary N) is 2. The molecule has 0 radical (unpaired) electrons. The lowest BCUT2D eigenvalue weighted by Crippen LogP contribution is -2.39. The highest BCUT2D eigenvalue weighted by Crippen LogP contribution is 2.34. The van der Waals surface area contributed by atoms with Gasteiger partial charge in [0.05, 0.1) is 12.1 Å². The van der Waals surface area contributed by atoms with Crippen LogP contribution in [0.15, 0.2) is 24.3 Å². The van der Waals surface area contributed by atoms with Crippen LogP contribution in [0.25, 0.3) is 0 Å². The Balaban J connectivity index is 1.94. The molecule has 0 unspecified atom stereocenters. The molecule has 3 N–H and O–H groups in total. The molecule has 2 amide bonds. The van der Waals surface area contributed by atoms with Gasteiger partial charge in [0.15, 0.2) is 0 Å². The molecule has 5 nitrogen and oxygen atoms in total. The lowest BCUT2D eigenvalue weighted by atomic mass is 10.1. The van der Waals surface area contributed by atoms with Crippen molar-refractivity contribution >= 4 is 11.8 Å². The zero-order chi connectivity index (χ0) is 13.9. The predicted molar refractivity (Wildman–Crippen MR) is 70.5 cm³/mol. The van der Waals surface area contributed by atoms with Crippen molar-refractivity contribution in [2.45, 2.75) is 31.8 Å². The van der Waals surface area contributed by atoms with Crippen LogP contribution < -0.4 is 10.6 Å². The van der Waals surface area contributed by atoms with E-state index in [9.17, 15) is 9.59 Å². The first kappa shape index (κ1) is 13.5. The number of benzene rings is 1. The van der Waals surface area contributed by atoms with Crippen LogP contribution in [-0.4, -0.2) is 29.1 Å². The van der Waals surface area contributed by atoms with Crippen LogP contribution in [0, 0.1) is 0 Å². The molecule has 1 aliphatic rings. The minimum Gasteiger partial charge on any atom is -0.394 e. The second-order valence-corrected chi connectivity index (χ2v) is 5.00. The van der Waals surface area contributed by atoms with Crippen LogP contribution in [0.5, 0.6) is 0 Å². The quantitative estimate of drug-likeness (QED) is 0.726.